The van der Waals surface area contributed by atoms with Crippen molar-refractivity contribution in [3.05, 3.63) is 51.5 Å². The molecule has 0 saturated heterocycles. The van der Waals surface area contributed by atoms with Crippen LogP contribution in [0.25, 0.3) is 0 Å². The highest BCUT2D eigenvalue weighted by Gasteiger charge is 2.21. The number of carbonyl (C=O) groups excluding carboxylic acids is 1. The SMILES string of the molecule is COc1cccc(N(N)C(=O)N(C)N)c1COc1cc(Cl)c(C)cc1Cl. The monoisotopic (exact) mass is 398 g/mol. The second-order valence-corrected chi connectivity index (χ2v) is 6.36. The van der Waals surface area contributed by atoms with Gasteiger partial charge in [0.15, 0.2) is 0 Å². The molecule has 0 atom stereocenters. The standard InChI is InChI=1S/C17H20Cl2N4O3/c1-10-7-13(19)16(8-12(10)18)26-9-11-14(5-4-6-15(11)25-3)23(21)17(24)22(2)20/h4-8H,9,20-21H2,1-3H3. The van der Waals surface area contributed by atoms with Gasteiger partial charge < -0.3 is 9.47 Å². The van der Waals surface area contributed by atoms with Crippen molar-refractivity contribution in [2.75, 3.05) is 19.2 Å². The Balaban J connectivity index is 2.36. The minimum Gasteiger partial charge on any atom is -0.496 e. The van der Waals surface area contributed by atoms with Crippen molar-refractivity contribution in [3.63, 3.8) is 0 Å². The van der Waals surface area contributed by atoms with Crippen molar-refractivity contribution in [1.29, 1.82) is 0 Å². The zero-order valence-corrected chi connectivity index (χ0v) is 16.1. The molecule has 2 aromatic rings. The van der Waals surface area contributed by atoms with Crippen LogP contribution in [0.15, 0.2) is 30.3 Å². The molecule has 0 saturated carbocycles. The van der Waals surface area contributed by atoms with E-state index in [-0.39, 0.29) is 6.61 Å². The zero-order chi connectivity index (χ0) is 19.4. The number of methoxy groups -OCH3 is 1. The van der Waals surface area contributed by atoms with Gasteiger partial charge in [0, 0.05) is 18.1 Å². The largest absolute Gasteiger partial charge is 0.496 e. The second kappa shape index (κ2) is 8.46. The number of hydrogen-bond donors (Lipinski definition) is 2. The number of nitrogens with two attached hydrogens (primary N) is 2. The van der Waals surface area contributed by atoms with E-state index in [9.17, 15) is 4.79 Å². The summed E-state index contributed by atoms with van der Waals surface area (Å²) in [7, 11) is 2.91. The number of halogens is 2. The number of aryl methyl sites for hydroxylation is 1. The summed E-state index contributed by atoms with van der Waals surface area (Å²) < 4.78 is 11.2. The Kier molecular flexibility index (Phi) is 6.55. The molecule has 0 radical (unpaired) electrons. The molecule has 26 heavy (non-hydrogen) atoms. The van der Waals surface area contributed by atoms with E-state index < -0.39 is 6.03 Å². The molecule has 0 heterocycles. The Bertz CT molecular complexity index is 815. The Morgan fingerprint density at radius 2 is 1.85 bits per heavy atom. The molecule has 0 aliphatic heterocycles. The zero-order valence-electron chi connectivity index (χ0n) is 14.6. The number of anilines is 1. The summed E-state index contributed by atoms with van der Waals surface area (Å²) in [6.07, 6.45) is 0. The maximum atomic E-state index is 12.1. The van der Waals surface area contributed by atoms with Crippen LogP contribution in [0.3, 0.4) is 0 Å². The lowest BCUT2D eigenvalue weighted by Crippen LogP contribution is -2.49. The lowest BCUT2D eigenvalue weighted by molar-refractivity contribution is 0.216. The van der Waals surface area contributed by atoms with E-state index in [1.807, 2.05) is 6.92 Å². The Labute approximate surface area is 161 Å². The lowest BCUT2D eigenvalue weighted by Gasteiger charge is -2.24. The highest BCUT2D eigenvalue weighted by Crippen LogP contribution is 2.34. The summed E-state index contributed by atoms with van der Waals surface area (Å²) in [5.41, 5.74) is 1.79. The number of hydrazine groups is 2. The molecule has 9 heteroatoms. The third kappa shape index (κ3) is 4.31. The fraction of sp³-hybridized carbons (Fsp3) is 0.235. The van der Waals surface area contributed by atoms with Gasteiger partial charge in [-0.15, -0.1) is 0 Å². The Morgan fingerprint density at radius 3 is 2.46 bits per heavy atom. The number of amides is 2. The van der Waals surface area contributed by atoms with Crippen LogP contribution in [0.4, 0.5) is 10.5 Å². The summed E-state index contributed by atoms with van der Waals surface area (Å²) in [5, 5.41) is 2.75. The topological polar surface area (TPSA) is 94.1 Å². The van der Waals surface area contributed by atoms with E-state index >= 15 is 0 Å². The number of ether oxygens (including phenoxy) is 2. The molecule has 2 rings (SSSR count). The average Bonchev–Trinajstić information content (AvgIpc) is 2.61. The van der Waals surface area contributed by atoms with Crippen LogP contribution in [0.1, 0.15) is 11.1 Å². The van der Waals surface area contributed by atoms with Crippen molar-refractivity contribution in [1.82, 2.24) is 5.01 Å². The van der Waals surface area contributed by atoms with Crippen LogP contribution >= 0.6 is 23.2 Å². The van der Waals surface area contributed by atoms with E-state index in [0.29, 0.717) is 32.8 Å². The third-order valence-corrected chi connectivity index (χ3v) is 4.38. The van der Waals surface area contributed by atoms with E-state index in [0.717, 1.165) is 15.6 Å². The van der Waals surface area contributed by atoms with E-state index in [1.54, 1.807) is 30.3 Å². The van der Waals surface area contributed by atoms with Gasteiger partial charge in [-0.3, -0.25) is 5.01 Å². The molecule has 4 N–H and O–H groups in total. The van der Waals surface area contributed by atoms with Crippen LogP contribution < -0.4 is 26.2 Å². The van der Waals surface area contributed by atoms with E-state index in [1.165, 1.54) is 14.2 Å². The van der Waals surface area contributed by atoms with Crippen LogP contribution in [0, 0.1) is 6.92 Å². The quantitative estimate of drug-likeness (QED) is 0.456. The number of benzene rings is 2. The highest BCUT2D eigenvalue weighted by molar-refractivity contribution is 6.34. The third-order valence-electron chi connectivity index (χ3n) is 3.68. The van der Waals surface area contributed by atoms with Gasteiger partial charge >= 0.3 is 6.03 Å². The molecule has 0 spiro atoms. The first-order chi connectivity index (χ1) is 12.3. The molecule has 0 bridgehead atoms. The van der Waals surface area contributed by atoms with Crippen LogP contribution in [0.5, 0.6) is 11.5 Å². The van der Waals surface area contributed by atoms with Gasteiger partial charge in [0.25, 0.3) is 0 Å². The molecule has 0 aliphatic rings. The van der Waals surface area contributed by atoms with Crippen molar-refractivity contribution < 1.29 is 14.3 Å². The molecule has 0 fully saturated rings. The predicted octanol–water partition coefficient (Wildman–Crippen LogP) is 3.50. The van der Waals surface area contributed by atoms with Gasteiger partial charge in [0.05, 0.1) is 23.4 Å². The smallest absolute Gasteiger partial charge is 0.352 e. The molecule has 0 unspecified atom stereocenters. The molecule has 0 aromatic heterocycles. The second-order valence-electron chi connectivity index (χ2n) is 5.54. The predicted molar refractivity (Wildman–Crippen MR) is 103 cm³/mol. The number of nitrogens with zero attached hydrogens (tertiary/aromatic N) is 2. The number of urea groups is 1. The van der Waals surface area contributed by atoms with E-state index in [4.69, 9.17) is 44.4 Å². The molecule has 2 amide bonds. The first kappa shape index (κ1) is 20.1. The number of rotatable bonds is 5. The fourth-order valence-corrected chi connectivity index (χ4v) is 2.70. The van der Waals surface area contributed by atoms with Gasteiger partial charge in [-0.05, 0) is 30.7 Å². The molecule has 2 aromatic carbocycles. The summed E-state index contributed by atoms with van der Waals surface area (Å²) in [5.74, 6) is 12.3. The molecule has 0 aliphatic carbocycles. The maximum absolute atomic E-state index is 12.1. The van der Waals surface area contributed by atoms with Gasteiger partial charge in [0.1, 0.15) is 18.1 Å². The minimum absolute atomic E-state index is 0.0493. The summed E-state index contributed by atoms with van der Waals surface area (Å²) in [6, 6.07) is 7.84. The van der Waals surface area contributed by atoms with Gasteiger partial charge in [-0.2, -0.15) is 0 Å². The fourth-order valence-electron chi connectivity index (χ4n) is 2.28. The lowest BCUT2D eigenvalue weighted by atomic mass is 10.1. The highest BCUT2D eigenvalue weighted by atomic mass is 35.5. The molecular formula is C17H20Cl2N4O3. The molecular weight excluding hydrogens is 379 g/mol. The maximum Gasteiger partial charge on any atom is 0.352 e. The summed E-state index contributed by atoms with van der Waals surface area (Å²) in [6.45, 7) is 1.89. The van der Waals surface area contributed by atoms with Crippen LogP contribution in [0.2, 0.25) is 10.0 Å². The normalized spacial score (nSPS) is 10.4. The van der Waals surface area contributed by atoms with Crippen molar-refractivity contribution in [3.8, 4) is 11.5 Å². The summed E-state index contributed by atoms with van der Waals surface area (Å²) in [4.78, 5) is 12.1. The Morgan fingerprint density at radius 1 is 1.15 bits per heavy atom. The summed E-state index contributed by atoms with van der Waals surface area (Å²) >= 11 is 12.3. The van der Waals surface area contributed by atoms with Gasteiger partial charge in [-0.1, -0.05) is 29.3 Å². The van der Waals surface area contributed by atoms with Gasteiger partial charge in [-0.25, -0.2) is 21.5 Å². The van der Waals surface area contributed by atoms with Crippen LogP contribution in [-0.2, 0) is 6.61 Å². The first-order valence-electron chi connectivity index (χ1n) is 7.57. The Hall–Kier alpha value is -2.19. The first-order valence-corrected chi connectivity index (χ1v) is 8.33. The van der Waals surface area contributed by atoms with Gasteiger partial charge in [0.2, 0.25) is 0 Å². The van der Waals surface area contributed by atoms with E-state index in [2.05, 4.69) is 0 Å². The molecule has 7 nitrogen and oxygen atoms in total. The van der Waals surface area contributed by atoms with Crippen LogP contribution in [-0.4, -0.2) is 25.2 Å². The van der Waals surface area contributed by atoms with Crippen molar-refractivity contribution in [2.45, 2.75) is 13.5 Å². The average molecular weight is 399 g/mol. The van der Waals surface area contributed by atoms with Crippen molar-refractivity contribution >= 4 is 34.9 Å². The number of carbonyl (C=O) groups is 1. The molecule has 140 valence electrons. The minimum atomic E-state index is -0.601. The van der Waals surface area contributed by atoms with Crippen molar-refractivity contribution in [2.24, 2.45) is 11.7 Å². The number of hydrogen-bond acceptors (Lipinski definition) is 5.